The van der Waals surface area contributed by atoms with E-state index in [1.54, 1.807) is 33.8 Å². The molecule has 3 aromatic rings. The highest BCUT2D eigenvalue weighted by molar-refractivity contribution is 6.25. The van der Waals surface area contributed by atoms with Crippen molar-refractivity contribution in [2.24, 2.45) is 7.05 Å². The fraction of sp³-hybridized carbons (Fsp3) is 0.273. The second kappa shape index (κ2) is 8.01. The molecular formula is C22H21N7O4. The van der Waals surface area contributed by atoms with Crippen LogP contribution < -0.4 is 10.6 Å². The molecule has 1 saturated heterocycles. The molecule has 1 aromatic carbocycles. The quantitative estimate of drug-likeness (QED) is 0.531. The van der Waals surface area contributed by atoms with Crippen molar-refractivity contribution in [3.63, 3.8) is 0 Å². The number of hydrogen-bond acceptors (Lipinski definition) is 7. The standard InChI is InChI=1S/C22H21N7O4/c1-27-8-7-14(26-27)12-28-11-13(10-24-28)9-23-16-4-2-3-15-19(16)22(33)29(21(15)32)17-5-6-18(30)25-20(17)31/h2-4,7-8,10-11,17,23H,5-6,9,12H2,1H3,(H,25,30,31). The van der Waals surface area contributed by atoms with Gasteiger partial charge in [0.15, 0.2) is 0 Å². The van der Waals surface area contributed by atoms with Crippen molar-refractivity contribution >= 4 is 29.3 Å². The molecule has 1 atom stereocenters. The first-order valence-electron chi connectivity index (χ1n) is 10.5. The highest BCUT2D eigenvalue weighted by atomic mass is 16.2. The number of aryl methyl sites for hydroxylation is 1. The van der Waals surface area contributed by atoms with E-state index in [-0.39, 0.29) is 24.0 Å². The van der Waals surface area contributed by atoms with E-state index in [0.29, 0.717) is 18.8 Å². The van der Waals surface area contributed by atoms with E-state index in [4.69, 9.17) is 0 Å². The van der Waals surface area contributed by atoms with Gasteiger partial charge in [0, 0.05) is 43.7 Å². The number of anilines is 1. The molecule has 4 amide bonds. The minimum atomic E-state index is -0.993. The predicted octanol–water partition coefficient (Wildman–Crippen LogP) is 0.678. The zero-order valence-corrected chi connectivity index (χ0v) is 17.8. The summed E-state index contributed by atoms with van der Waals surface area (Å²) >= 11 is 0. The summed E-state index contributed by atoms with van der Waals surface area (Å²) in [6.07, 6.45) is 5.68. The molecule has 0 aliphatic carbocycles. The lowest BCUT2D eigenvalue weighted by Crippen LogP contribution is -2.54. The molecule has 0 radical (unpaired) electrons. The highest BCUT2D eigenvalue weighted by Gasteiger charge is 2.45. The van der Waals surface area contributed by atoms with E-state index < -0.39 is 29.7 Å². The lowest BCUT2D eigenvalue weighted by atomic mass is 10.0. The van der Waals surface area contributed by atoms with Crippen LogP contribution in [0, 0.1) is 0 Å². The number of nitrogens with one attached hydrogen (secondary N) is 2. The Morgan fingerprint density at radius 3 is 2.76 bits per heavy atom. The fourth-order valence-electron chi connectivity index (χ4n) is 4.16. The number of carbonyl (C=O) groups excluding carboxylic acids is 4. The van der Waals surface area contributed by atoms with Crippen LogP contribution in [0.3, 0.4) is 0 Å². The third-order valence-corrected chi connectivity index (χ3v) is 5.73. The van der Waals surface area contributed by atoms with Gasteiger partial charge in [-0.15, -0.1) is 0 Å². The van der Waals surface area contributed by atoms with Crippen LogP contribution in [0.1, 0.15) is 44.8 Å². The van der Waals surface area contributed by atoms with Gasteiger partial charge < -0.3 is 5.32 Å². The topological polar surface area (TPSA) is 131 Å². The van der Waals surface area contributed by atoms with E-state index in [0.717, 1.165) is 16.2 Å². The number of amides is 4. The van der Waals surface area contributed by atoms with Crippen molar-refractivity contribution in [1.29, 1.82) is 0 Å². The number of nitrogens with zero attached hydrogens (tertiary/aromatic N) is 5. The van der Waals surface area contributed by atoms with Crippen LogP contribution in [-0.2, 0) is 29.7 Å². The van der Waals surface area contributed by atoms with Gasteiger partial charge in [-0.3, -0.25) is 38.8 Å². The third kappa shape index (κ3) is 3.77. The molecule has 168 valence electrons. The van der Waals surface area contributed by atoms with Gasteiger partial charge in [-0.1, -0.05) is 6.07 Å². The molecule has 1 unspecified atom stereocenters. The average molecular weight is 447 g/mol. The molecule has 2 aliphatic rings. The molecule has 11 heteroatoms. The lowest BCUT2D eigenvalue weighted by molar-refractivity contribution is -0.136. The van der Waals surface area contributed by atoms with E-state index in [9.17, 15) is 19.2 Å². The molecule has 0 bridgehead atoms. The van der Waals surface area contributed by atoms with Crippen LogP contribution in [0.2, 0.25) is 0 Å². The summed E-state index contributed by atoms with van der Waals surface area (Å²) in [5, 5.41) is 14.1. The Hall–Kier alpha value is -4.28. The summed E-state index contributed by atoms with van der Waals surface area (Å²) in [6, 6.07) is 5.90. The van der Waals surface area contributed by atoms with Gasteiger partial charge in [-0.25, -0.2) is 0 Å². The Bertz CT molecular complexity index is 1290. The third-order valence-electron chi connectivity index (χ3n) is 5.73. The van der Waals surface area contributed by atoms with E-state index in [2.05, 4.69) is 20.8 Å². The largest absolute Gasteiger partial charge is 0.380 e. The Morgan fingerprint density at radius 1 is 1.15 bits per heavy atom. The molecule has 33 heavy (non-hydrogen) atoms. The zero-order chi connectivity index (χ0) is 23.1. The summed E-state index contributed by atoms with van der Waals surface area (Å²) in [4.78, 5) is 50.7. The zero-order valence-electron chi connectivity index (χ0n) is 17.8. The second-order valence-electron chi connectivity index (χ2n) is 8.06. The van der Waals surface area contributed by atoms with Gasteiger partial charge in [-0.2, -0.15) is 10.2 Å². The van der Waals surface area contributed by atoms with Crippen LogP contribution in [0.15, 0.2) is 42.9 Å². The van der Waals surface area contributed by atoms with Crippen LogP contribution in [0.4, 0.5) is 5.69 Å². The van der Waals surface area contributed by atoms with Gasteiger partial charge >= 0.3 is 0 Å². The van der Waals surface area contributed by atoms with Crippen molar-refractivity contribution < 1.29 is 19.2 Å². The van der Waals surface area contributed by atoms with Gasteiger partial charge in [0.1, 0.15) is 6.04 Å². The fourth-order valence-corrected chi connectivity index (χ4v) is 4.16. The minimum absolute atomic E-state index is 0.0808. The summed E-state index contributed by atoms with van der Waals surface area (Å²) in [5.74, 6) is -2.11. The maximum absolute atomic E-state index is 13.1. The first-order chi connectivity index (χ1) is 15.9. The summed E-state index contributed by atoms with van der Waals surface area (Å²) in [5.41, 5.74) is 2.74. The number of hydrogen-bond donors (Lipinski definition) is 2. The maximum atomic E-state index is 13.1. The minimum Gasteiger partial charge on any atom is -0.380 e. The average Bonchev–Trinajstić information content (AvgIpc) is 3.47. The lowest BCUT2D eigenvalue weighted by Gasteiger charge is -2.27. The first-order valence-corrected chi connectivity index (χ1v) is 10.5. The summed E-state index contributed by atoms with van der Waals surface area (Å²) in [6.45, 7) is 0.925. The number of carbonyl (C=O) groups is 4. The van der Waals surface area contributed by atoms with Crippen LogP contribution in [-0.4, -0.2) is 54.1 Å². The first kappa shape index (κ1) is 20.6. The number of piperidine rings is 1. The van der Waals surface area contributed by atoms with Crippen molar-refractivity contribution in [3.05, 3.63) is 65.2 Å². The molecular weight excluding hydrogens is 426 g/mol. The van der Waals surface area contributed by atoms with Gasteiger partial charge in [-0.05, 0) is 24.6 Å². The Morgan fingerprint density at radius 2 is 2.00 bits per heavy atom. The molecule has 4 heterocycles. The van der Waals surface area contributed by atoms with Crippen molar-refractivity contribution in [3.8, 4) is 0 Å². The second-order valence-corrected chi connectivity index (χ2v) is 8.06. The van der Waals surface area contributed by atoms with Gasteiger partial charge in [0.2, 0.25) is 11.8 Å². The number of imide groups is 2. The number of rotatable bonds is 6. The molecule has 11 nitrogen and oxygen atoms in total. The Balaban J connectivity index is 1.31. The monoisotopic (exact) mass is 447 g/mol. The molecule has 0 saturated carbocycles. The van der Waals surface area contributed by atoms with Crippen LogP contribution in [0.5, 0.6) is 0 Å². The van der Waals surface area contributed by atoms with Crippen molar-refractivity contribution in [2.45, 2.75) is 32.0 Å². The molecule has 2 N–H and O–H groups in total. The number of aromatic nitrogens is 4. The predicted molar refractivity (Wildman–Crippen MR) is 115 cm³/mol. The Labute approximate surface area is 188 Å². The Kier molecular flexibility index (Phi) is 5.00. The maximum Gasteiger partial charge on any atom is 0.264 e. The highest BCUT2D eigenvalue weighted by Crippen LogP contribution is 2.32. The van der Waals surface area contributed by atoms with E-state index >= 15 is 0 Å². The van der Waals surface area contributed by atoms with E-state index in [1.165, 1.54) is 0 Å². The summed E-state index contributed by atoms with van der Waals surface area (Å²) in [7, 11) is 1.85. The molecule has 5 rings (SSSR count). The van der Waals surface area contributed by atoms with Crippen molar-refractivity contribution in [2.75, 3.05) is 5.32 Å². The van der Waals surface area contributed by atoms with Crippen molar-refractivity contribution in [1.82, 2.24) is 29.8 Å². The summed E-state index contributed by atoms with van der Waals surface area (Å²) < 4.78 is 3.50. The van der Waals surface area contributed by atoms with Crippen LogP contribution >= 0.6 is 0 Å². The normalized spacial score (nSPS) is 18.0. The number of fused-ring (bicyclic) bond motifs is 1. The van der Waals surface area contributed by atoms with Crippen LogP contribution in [0.25, 0.3) is 0 Å². The van der Waals surface area contributed by atoms with Gasteiger partial charge in [0.25, 0.3) is 11.8 Å². The SMILES string of the molecule is Cn1ccc(Cn2cc(CNc3cccc4c3C(=O)N(C3CCC(=O)NC3=O)C4=O)cn2)n1. The van der Waals surface area contributed by atoms with Gasteiger partial charge in [0.05, 0.1) is 29.6 Å². The molecule has 2 aliphatic heterocycles. The smallest absolute Gasteiger partial charge is 0.264 e. The molecule has 1 fully saturated rings. The molecule has 2 aromatic heterocycles. The molecule has 0 spiro atoms. The van der Waals surface area contributed by atoms with E-state index in [1.807, 2.05) is 25.5 Å². The number of benzene rings is 1.